The van der Waals surface area contributed by atoms with Crippen molar-refractivity contribution in [3.05, 3.63) is 24.0 Å². The monoisotopic (exact) mass is 259 g/mol. The smallest absolute Gasteiger partial charge is 0.117 e. The van der Waals surface area contributed by atoms with Crippen molar-refractivity contribution < 1.29 is 5.11 Å². The zero-order valence-corrected chi connectivity index (χ0v) is 11.2. The number of nitrogens with one attached hydrogen (secondary N) is 1. The zero-order valence-electron chi connectivity index (χ0n) is 11.2. The molecular weight excluding hydrogens is 238 g/mol. The predicted octanol–water partition coefficient (Wildman–Crippen LogP) is 2.72. The molecule has 0 atom stereocenters. The largest absolute Gasteiger partial charge is 0.508 e. The van der Waals surface area contributed by atoms with E-state index in [-0.39, 0.29) is 11.2 Å². The third-order valence-electron chi connectivity index (χ3n) is 4.40. The van der Waals surface area contributed by atoms with Crippen molar-refractivity contribution in [3.63, 3.8) is 0 Å². The van der Waals surface area contributed by atoms with Crippen LogP contribution in [0.15, 0.2) is 18.2 Å². The van der Waals surface area contributed by atoms with E-state index in [1.165, 1.54) is 32.1 Å². The Morgan fingerprint density at radius 2 is 2.05 bits per heavy atom. The van der Waals surface area contributed by atoms with Gasteiger partial charge in [0, 0.05) is 12.5 Å². The van der Waals surface area contributed by atoms with Crippen molar-refractivity contribution in [1.82, 2.24) is 9.97 Å². The highest BCUT2D eigenvalue weighted by Crippen LogP contribution is 2.38. The Morgan fingerprint density at radius 3 is 2.79 bits per heavy atom. The molecule has 0 amide bonds. The molecule has 0 bridgehead atoms. The lowest BCUT2D eigenvalue weighted by atomic mass is 9.72. The number of phenols is 1. The number of nitrogens with two attached hydrogens (primary N) is 1. The number of nitrogens with zero attached hydrogens (tertiary/aromatic N) is 1. The fraction of sp³-hybridized carbons (Fsp3) is 0.533. The first kappa shape index (κ1) is 12.5. The van der Waals surface area contributed by atoms with Gasteiger partial charge in [-0.05, 0) is 36.9 Å². The van der Waals surface area contributed by atoms with Crippen LogP contribution in [-0.4, -0.2) is 21.6 Å². The minimum atomic E-state index is 0.216. The number of phenolic OH excluding ortho intramolecular Hbond substituents is 1. The van der Waals surface area contributed by atoms with Crippen molar-refractivity contribution in [2.24, 2.45) is 11.1 Å². The molecule has 1 heterocycles. The predicted molar refractivity (Wildman–Crippen MR) is 76.0 cm³/mol. The molecule has 4 nitrogen and oxygen atoms in total. The number of aromatic hydroxyl groups is 1. The molecule has 0 aliphatic heterocycles. The number of benzene rings is 1. The number of aromatic amines is 1. The summed E-state index contributed by atoms with van der Waals surface area (Å²) in [5.74, 6) is 1.27. The highest BCUT2D eigenvalue weighted by molar-refractivity contribution is 5.76. The van der Waals surface area contributed by atoms with Crippen molar-refractivity contribution in [2.45, 2.75) is 38.5 Å². The molecule has 3 rings (SSSR count). The standard InChI is InChI=1S/C15H21N3O/c16-10-15(6-2-1-3-7-15)9-14-17-12-5-4-11(19)8-13(12)18-14/h4-5,8,19H,1-3,6-7,9-10,16H2,(H,17,18). The van der Waals surface area contributed by atoms with E-state index in [0.717, 1.165) is 29.8 Å². The Labute approximate surface area is 113 Å². The van der Waals surface area contributed by atoms with Crippen LogP contribution in [0.3, 0.4) is 0 Å². The molecule has 0 unspecified atom stereocenters. The number of aromatic nitrogens is 2. The van der Waals surface area contributed by atoms with E-state index in [1.54, 1.807) is 12.1 Å². The first-order valence-corrected chi connectivity index (χ1v) is 7.08. The normalized spacial score (nSPS) is 18.8. The number of hydrogen-bond acceptors (Lipinski definition) is 3. The van der Waals surface area contributed by atoms with Gasteiger partial charge in [0.1, 0.15) is 11.6 Å². The van der Waals surface area contributed by atoms with Gasteiger partial charge < -0.3 is 15.8 Å². The Kier molecular flexibility index (Phi) is 3.19. The van der Waals surface area contributed by atoms with Crippen LogP contribution in [0.5, 0.6) is 5.75 Å². The third-order valence-corrected chi connectivity index (χ3v) is 4.40. The second-order valence-electron chi connectivity index (χ2n) is 5.83. The average Bonchev–Trinajstić information content (AvgIpc) is 2.81. The van der Waals surface area contributed by atoms with Crippen LogP contribution >= 0.6 is 0 Å². The lowest BCUT2D eigenvalue weighted by Gasteiger charge is -2.35. The first-order chi connectivity index (χ1) is 9.21. The van der Waals surface area contributed by atoms with E-state index in [1.807, 2.05) is 6.07 Å². The SMILES string of the molecule is NCC1(Cc2nc3ccc(O)cc3[nH]2)CCCCC1. The second-order valence-corrected chi connectivity index (χ2v) is 5.83. The van der Waals surface area contributed by atoms with Crippen LogP contribution in [0.25, 0.3) is 11.0 Å². The van der Waals surface area contributed by atoms with E-state index < -0.39 is 0 Å². The lowest BCUT2D eigenvalue weighted by molar-refractivity contribution is 0.194. The summed E-state index contributed by atoms with van der Waals surface area (Å²) in [5, 5.41) is 9.49. The van der Waals surface area contributed by atoms with Gasteiger partial charge in [-0.2, -0.15) is 0 Å². The van der Waals surface area contributed by atoms with Crippen LogP contribution in [-0.2, 0) is 6.42 Å². The van der Waals surface area contributed by atoms with Gasteiger partial charge in [0.05, 0.1) is 11.0 Å². The number of rotatable bonds is 3. The Bertz CT molecular complexity index is 570. The summed E-state index contributed by atoms with van der Waals surface area (Å²) >= 11 is 0. The number of H-pyrrole nitrogens is 1. The summed E-state index contributed by atoms with van der Waals surface area (Å²) < 4.78 is 0. The molecule has 1 saturated carbocycles. The van der Waals surface area contributed by atoms with Crippen LogP contribution < -0.4 is 5.73 Å². The van der Waals surface area contributed by atoms with Gasteiger partial charge in [-0.25, -0.2) is 4.98 Å². The zero-order chi connectivity index (χ0) is 13.3. The maximum atomic E-state index is 9.49. The van der Waals surface area contributed by atoms with E-state index in [4.69, 9.17) is 5.73 Å². The molecule has 1 aromatic carbocycles. The first-order valence-electron chi connectivity index (χ1n) is 7.08. The number of imidazole rings is 1. The van der Waals surface area contributed by atoms with E-state index >= 15 is 0 Å². The van der Waals surface area contributed by atoms with E-state index in [0.29, 0.717) is 0 Å². The van der Waals surface area contributed by atoms with Gasteiger partial charge in [-0.1, -0.05) is 19.3 Å². The summed E-state index contributed by atoms with van der Waals surface area (Å²) in [7, 11) is 0. The van der Waals surface area contributed by atoms with Gasteiger partial charge in [-0.15, -0.1) is 0 Å². The number of fused-ring (bicyclic) bond motifs is 1. The lowest BCUT2D eigenvalue weighted by Crippen LogP contribution is -2.35. The fourth-order valence-electron chi connectivity index (χ4n) is 3.24. The molecule has 102 valence electrons. The van der Waals surface area contributed by atoms with Gasteiger partial charge in [0.15, 0.2) is 0 Å². The molecule has 1 aliphatic carbocycles. The Balaban J connectivity index is 1.87. The molecule has 19 heavy (non-hydrogen) atoms. The maximum absolute atomic E-state index is 9.49. The molecule has 4 heteroatoms. The van der Waals surface area contributed by atoms with E-state index in [9.17, 15) is 5.11 Å². The highest BCUT2D eigenvalue weighted by atomic mass is 16.3. The number of hydrogen-bond donors (Lipinski definition) is 3. The molecule has 1 fully saturated rings. The van der Waals surface area contributed by atoms with Crippen LogP contribution in [0.1, 0.15) is 37.9 Å². The van der Waals surface area contributed by atoms with Crippen molar-refractivity contribution in [2.75, 3.05) is 6.54 Å². The molecular formula is C15H21N3O. The highest BCUT2D eigenvalue weighted by Gasteiger charge is 2.31. The van der Waals surface area contributed by atoms with Crippen molar-refractivity contribution >= 4 is 11.0 Å². The van der Waals surface area contributed by atoms with Crippen LogP contribution in [0, 0.1) is 5.41 Å². The molecule has 1 aliphatic rings. The van der Waals surface area contributed by atoms with Crippen molar-refractivity contribution in [3.8, 4) is 5.75 Å². The topological polar surface area (TPSA) is 74.9 Å². The quantitative estimate of drug-likeness (QED) is 0.793. The van der Waals surface area contributed by atoms with Gasteiger partial charge in [-0.3, -0.25) is 0 Å². The third kappa shape index (κ3) is 2.45. The molecule has 2 aromatic rings. The molecule has 0 radical (unpaired) electrons. The van der Waals surface area contributed by atoms with Crippen molar-refractivity contribution in [1.29, 1.82) is 0 Å². The minimum absolute atomic E-state index is 0.216. The van der Waals surface area contributed by atoms with E-state index in [2.05, 4.69) is 9.97 Å². The summed E-state index contributed by atoms with van der Waals surface area (Å²) in [5.41, 5.74) is 8.05. The van der Waals surface area contributed by atoms with Gasteiger partial charge >= 0.3 is 0 Å². The van der Waals surface area contributed by atoms with Gasteiger partial charge in [0.25, 0.3) is 0 Å². The molecule has 0 spiro atoms. The molecule has 4 N–H and O–H groups in total. The van der Waals surface area contributed by atoms with Gasteiger partial charge in [0.2, 0.25) is 0 Å². The Hall–Kier alpha value is -1.55. The second kappa shape index (κ2) is 4.85. The van der Waals surface area contributed by atoms with Crippen LogP contribution in [0.2, 0.25) is 0 Å². The summed E-state index contributed by atoms with van der Waals surface area (Å²) in [6.45, 7) is 0.731. The summed E-state index contributed by atoms with van der Waals surface area (Å²) in [6, 6.07) is 5.24. The summed E-state index contributed by atoms with van der Waals surface area (Å²) in [6.07, 6.45) is 7.20. The Morgan fingerprint density at radius 1 is 1.26 bits per heavy atom. The average molecular weight is 259 g/mol. The fourth-order valence-corrected chi connectivity index (χ4v) is 3.24. The minimum Gasteiger partial charge on any atom is -0.508 e. The molecule has 1 aromatic heterocycles. The molecule has 0 saturated heterocycles. The maximum Gasteiger partial charge on any atom is 0.117 e. The van der Waals surface area contributed by atoms with Crippen LogP contribution in [0.4, 0.5) is 0 Å². The summed E-state index contributed by atoms with van der Waals surface area (Å²) in [4.78, 5) is 7.93.